The van der Waals surface area contributed by atoms with Gasteiger partial charge in [-0.15, -0.1) is 0 Å². The zero-order valence-corrected chi connectivity index (χ0v) is 19.4. The van der Waals surface area contributed by atoms with Crippen molar-refractivity contribution in [3.05, 3.63) is 64.1 Å². The molecule has 0 saturated carbocycles. The number of hydrogen-bond acceptors (Lipinski definition) is 5. The quantitative estimate of drug-likeness (QED) is 0.501. The molecule has 2 aromatic carbocycles. The van der Waals surface area contributed by atoms with Crippen LogP contribution in [0, 0.1) is 0 Å². The largest absolute Gasteiger partial charge is 0.454 e. The number of sulfonamides is 1. The summed E-state index contributed by atoms with van der Waals surface area (Å²) in [5.74, 6) is -1.34. The number of aryl methyl sites for hydroxylation is 1. The molecule has 7 nitrogen and oxygen atoms in total. The van der Waals surface area contributed by atoms with E-state index in [0.29, 0.717) is 0 Å². The molecule has 31 heavy (non-hydrogen) atoms. The van der Waals surface area contributed by atoms with Gasteiger partial charge in [0.05, 0.1) is 14.9 Å². The Kier molecular flexibility index (Phi) is 9.31. The number of nitrogens with one attached hydrogen (secondary N) is 2. The fraction of sp³-hybridized carbons (Fsp3) is 0.333. The molecule has 2 unspecified atom stereocenters. The molecule has 0 fully saturated rings. The summed E-state index contributed by atoms with van der Waals surface area (Å²) in [7, 11) is -4.03. The molecule has 10 heteroatoms. The predicted octanol–water partition coefficient (Wildman–Crippen LogP) is 3.34. The van der Waals surface area contributed by atoms with E-state index in [0.717, 1.165) is 18.4 Å². The molecule has 0 spiro atoms. The van der Waals surface area contributed by atoms with Crippen LogP contribution in [0.25, 0.3) is 0 Å². The minimum Gasteiger partial charge on any atom is -0.454 e. The first-order chi connectivity index (χ1) is 14.6. The maximum absolute atomic E-state index is 12.4. The summed E-state index contributed by atoms with van der Waals surface area (Å²) in [4.78, 5) is 24.0. The molecule has 2 atom stereocenters. The van der Waals surface area contributed by atoms with Gasteiger partial charge in [-0.25, -0.2) is 8.42 Å². The van der Waals surface area contributed by atoms with Gasteiger partial charge in [0.1, 0.15) is 6.04 Å². The van der Waals surface area contributed by atoms with E-state index in [1.54, 1.807) is 0 Å². The normalized spacial score (nSPS) is 13.3. The van der Waals surface area contributed by atoms with Crippen LogP contribution in [-0.2, 0) is 30.8 Å². The number of amides is 1. The zero-order valence-electron chi connectivity index (χ0n) is 17.1. The lowest BCUT2D eigenvalue weighted by molar-refractivity contribution is -0.149. The lowest BCUT2D eigenvalue weighted by Crippen LogP contribution is -2.41. The number of carbonyl (C=O) groups is 2. The van der Waals surface area contributed by atoms with Gasteiger partial charge in [0.25, 0.3) is 5.91 Å². The Balaban J connectivity index is 1.78. The number of ether oxygens (including phenoxy) is 1. The minimum atomic E-state index is -4.03. The Morgan fingerprint density at radius 3 is 2.35 bits per heavy atom. The van der Waals surface area contributed by atoms with Gasteiger partial charge in [-0.3, -0.25) is 9.59 Å². The number of esters is 1. The van der Waals surface area contributed by atoms with Crippen LogP contribution >= 0.6 is 23.2 Å². The molecule has 168 valence electrons. The van der Waals surface area contributed by atoms with Crippen LogP contribution in [0.5, 0.6) is 0 Å². The average molecular weight is 487 g/mol. The SMILES string of the molecule is CC(CCc1ccccc1)NC(=O)COC(=O)C(C)NS(=O)(=O)c1ccc(Cl)c(Cl)c1. The van der Waals surface area contributed by atoms with E-state index in [4.69, 9.17) is 27.9 Å². The molecule has 1 amide bonds. The van der Waals surface area contributed by atoms with E-state index in [1.165, 1.54) is 25.1 Å². The van der Waals surface area contributed by atoms with Crippen molar-refractivity contribution in [3.63, 3.8) is 0 Å². The first-order valence-corrected chi connectivity index (χ1v) is 11.8. The molecule has 0 aliphatic carbocycles. The summed E-state index contributed by atoms with van der Waals surface area (Å²) < 4.78 is 31.9. The molecule has 2 rings (SSSR count). The van der Waals surface area contributed by atoms with E-state index in [-0.39, 0.29) is 21.0 Å². The highest BCUT2D eigenvalue weighted by atomic mass is 35.5. The fourth-order valence-electron chi connectivity index (χ4n) is 2.67. The highest BCUT2D eigenvalue weighted by Gasteiger charge is 2.24. The third-order valence-electron chi connectivity index (χ3n) is 4.35. The Bertz CT molecular complexity index is 1020. The zero-order chi connectivity index (χ0) is 23.0. The van der Waals surface area contributed by atoms with Crippen molar-refractivity contribution in [2.24, 2.45) is 0 Å². The Morgan fingerprint density at radius 2 is 1.71 bits per heavy atom. The van der Waals surface area contributed by atoms with Crippen LogP contribution in [-0.4, -0.2) is 39.0 Å². The summed E-state index contributed by atoms with van der Waals surface area (Å²) in [5, 5.41) is 3.02. The highest BCUT2D eigenvalue weighted by Crippen LogP contribution is 2.24. The van der Waals surface area contributed by atoms with Crippen molar-refractivity contribution in [2.75, 3.05) is 6.61 Å². The first kappa shape index (κ1) is 25.1. The van der Waals surface area contributed by atoms with Gasteiger partial charge in [0, 0.05) is 6.04 Å². The van der Waals surface area contributed by atoms with Crippen molar-refractivity contribution in [3.8, 4) is 0 Å². The molecule has 0 bridgehead atoms. The van der Waals surface area contributed by atoms with Crippen LogP contribution in [0.15, 0.2) is 53.4 Å². The van der Waals surface area contributed by atoms with Crippen LogP contribution in [0.3, 0.4) is 0 Å². The van der Waals surface area contributed by atoms with Crippen molar-refractivity contribution >= 4 is 45.1 Å². The molecule has 0 aliphatic heterocycles. The first-order valence-electron chi connectivity index (χ1n) is 9.56. The molecule has 0 heterocycles. The fourth-order valence-corrected chi connectivity index (χ4v) is 4.25. The predicted molar refractivity (Wildman–Crippen MR) is 120 cm³/mol. The number of carbonyl (C=O) groups excluding carboxylic acids is 2. The number of benzene rings is 2. The molecular formula is C21H24Cl2N2O5S. The third kappa shape index (κ3) is 8.14. The van der Waals surface area contributed by atoms with Gasteiger partial charge in [-0.2, -0.15) is 4.72 Å². The van der Waals surface area contributed by atoms with Gasteiger partial charge < -0.3 is 10.1 Å². The minimum absolute atomic E-state index is 0.0674. The van der Waals surface area contributed by atoms with Gasteiger partial charge >= 0.3 is 5.97 Å². The lowest BCUT2D eigenvalue weighted by atomic mass is 10.1. The molecule has 0 saturated heterocycles. The van der Waals surface area contributed by atoms with Crippen molar-refractivity contribution in [1.29, 1.82) is 0 Å². The third-order valence-corrected chi connectivity index (χ3v) is 6.63. The summed E-state index contributed by atoms with van der Waals surface area (Å²) in [6, 6.07) is 12.3. The number of rotatable bonds is 10. The van der Waals surface area contributed by atoms with Gasteiger partial charge in [0.15, 0.2) is 6.61 Å². The van der Waals surface area contributed by atoms with Crippen molar-refractivity contribution in [1.82, 2.24) is 10.0 Å². The van der Waals surface area contributed by atoms with Crippen molar-refractivity contribution in [2.45, 2.75) is 43.7 Å². The second kappa shape index (κ2) is 11.5. The summed E-state index contributed by atoms with van der Waals surface area (Å²) >= 11 is 11.6. The highest BCUT2D eigenvalue weighted by molar-refractivity contribution is 7.89. The van der Waals surface area contributed by atoms with Crippen LogP contribution < -0.4 is 10.0 Å². The monoisotopic (exact) mass is 486 g/mol. The Labute approximate surface area is 192 Å². The Morgan fingerprint density at radius 1 is 1.03 bits per heavy atom. The van der Waals surface area contributed by atoms with Gasteiger partial charge in [-0.1, -0.05) is 53.5 Å². The van der Waals surface area contributed by atoms with Crippen molar-refractivity contribution < 1.29 is 22.7 Å². The Hall–Kier alpha value is -2.13. The molecular weight excluding hydrogens is 463 g/mol. The van der Waals surface area contributed by atoms with Gasteiger partial charge in [-0.05, 0) is 50.5 Å². The number of hydrogen-bond donors (Lipinski definition) is 2. The summed E-state index contributed by atoms with van der Waals surface area (Å²) in [5.41, 5.74) is 1.16. The van der Waals surface area contributed by atoms with E-state index in [9.17, 15) is 18.0 Å². The average Bonchev–Trinajstić information content (AvgIpc) is 2.72. The maximum Gasteiger partial charge on any atom is 0.324 e. The lowest BCUT2D eigenvalue weighted by Gasteiger charge is -2.16. The van der Waals surface area contributed by atoms with Crippen LogP contribution in [0.4, 0.5) is 0 Å². The smallest absolute Gasteiger partial charge is 0.324 e. The molecule has 2 aromatic rings. The van der Waals surface area contributed by atoms with Crippen LogP contribution in [0.1, 0.15) is 25.8 Å². The maximum atomic E-state index is 12.4. The molecule has 0 aromatic heterocycles. The van der Waals surface area contributed by atoms with E-state index in [1.807, 2.05) is 37.3 Å². The molecule has 0 aliphatic rings. The van der Waals surface area contributed by atoms with Gasteiger partial charge in [0.2, 0.25) is 10.0 Å². The van der Waals surface area contributed by atoms with Crippen LogP contribution in [0.2, 0.25) is 10.0 Å². The second-order valence-corrected chi connectivity index (χ2v) is 9.55. The van der Waals surface area contributed by atoms with E-state index in [2.05, 4.69) is 10.0 Å². The van der Waals surface area contributed by atoms with E-state index >= 15 is 0 Å². The topological polar surface area (TPSA) is 102 Å². The molecule has 2 N–H and O–H groups in total. The van der Waals surface area contributed by atoms with E-state index < -0.39 is 34.5 Å². The summed E-state index contributed by atoms with van der Waals surface area (Å²) in [6.45, 7) is 2.67. The summed E-state index contributed by atoms with van der Waals surface area (Å²) in [6.07, 6.45) is 1.53. The second-order valence-electron chi connectivity index (χ2n) is 7.02. The standard InChI is InChI=1S/C21H24Cl2N2O5S/c1-14(8-9-16-6-4-3-5-7-16)24-20(26)13-30-21(27)15(2)25-31(28,29)17-10-11-18(22)19(23)12-17/h3-7,10-12,14-15,25H,8-9,13H2,1-2H3,(H,24,26). The molecule has 0 radical (unpaired) electrons. The number of halogens is 2.